The average molecular weight is 266 g/mol. The minimum atomic E-state index is -0.721. The van der Waals surface area contributed by atoms with Gasteiger partial charge in [-0.25, -0.2) is 0 Å². The van der Waals surface area contributed by atoms with Gasteiger partial charge in [-0.05, 0) is 44.5 Å². The normalized spacial score (nSPS) is 12.8. The maximum atomic E-state index is 10.5. The van der Waals surface area contributed by atoms with E-state index in [0.29, 0.717) is 5.76 Å². The first kappa shape index (κ1) is 12.9. The quantitative estimate of drug-likeness (QED) is 0.744. The molecule has 0 bridgehead atoms. The third kappa shape index (κ3) is 2.35. The largest absolute Gasteiger partial charge is 0.458 e. The van der Waals surface area contributed by atoms with Crippen LogP contribution >= 0.6 is 0 Å². The van der Waals surface area contributed by atoms with Crippen LogP contribution in [0.1, 0.15) is 34.1 Å². The van der Waals surface area contributed by atoms with Crippen molar-refractivity contribution in [2.45, 2.75) is 26.9 Å². The summed E-state index contributed by atoms with van der Waals surface area (Å²) in [4.78, 5) is 0. The van der Waals surface area contributed by atoms with Gasteiger partial charge in [-0.1, -0.05) is 41.0 Å². The van der Waals surface area contributed by atoms with Crippen LogP contribution in [0, 0.1) is 20.8 Å². The zero-order valence-corrected chi connectivity index (χ0v) is 12.0. The minimum absolute atomic E-state index is 0.593. The standard InChI is InChI=1S/C18H18O2/c1-11-4-5-16-14(7-11)10-17(20-16)18(19)15-8-12(2)6-13(3)9-15/h4-10,18-19H,1-3H3. The van der Waals surface area contributed by atoms with Gasteiger partial charge in [0.2, 0.25) is 0 Å². The summed E-state index contributed by atoms with van der Waals surface area (Å²) >= 11 is 0. The number of aryl methyl sites for hydroxylation is 3. The minimum Gasteiger partial charge on any atom is -0.458 e. The number of rotatable bonds is 2. The van der Waals surface area contributed by atoms with Crippen molar-refractivity contribution in [3.63, 3.8) is 0 Å². The molecule has 102 valence electrons. The van der Waals surface area contributed by atoms with Gasteiger partial charge in [0, 0.05) is 5.39 Å². The fourth-order valence-electron chi connectivity index (χ4n) is 2.65. The Morgan fingerprint density at radius 3 is 2.25 bits per heavy atom. The topological polar surface area (TPSA) is 33.4 Å². The van der Waals surface area contributed by atoms with Gasteiger partial charge in [0.1, 0.15) is 17.4 Å². The second-order valence-corrected chi connectivity index (χ2v) is 5.51. The first-order chi connectivity index (χ1) is 9.52. The second-order valence-electron chi connectivity index (χ2n) is 5.51. The molecule has 0 radical (unpaired) electrons. The lowest BCUT2D eigenvalue weighted by molar-refractivity contribution is 0.192. The Morgan fingerprint density at radius 2 is 1.55 bits per heavy atom. The van der Waals surface area contributed by atoms with E-state index in [9.17, 15) is 5.11 Å². The van der Waals surface area contributed by atoms with Crippen molar-refractivity contribution in [1.82, 2.24) is 0 Å². The van der Waals surface area contributed by atoms with E-state index in [0.717, 1.165) is 27.7 Å². The van der Waals surface area contributed by atoms with Gasteiger partial charge in [0.15, 0.2) is 0 Å². The van der Waals surface area contributed by atoms with Crippen molar-refractivity contribution in [2.75, 3.05) is 0 Å². The predicted octanol–water partition coefficient (Wildman–Crippen LogP) is 4.44. The number of benzene rings is 2. The number of aliphatic hydroxyl groups excluding tert-OH is 1. The third-order valence-electron chi connectivity index (χ3n) is 3.52. The number of hydrogen-bond acceptors (Lipinski definition) is 2. The van der Waals surface area contributed by atoms with Crippen LogP contribution in [-0.2, 0) is 0 Å². The molecule has 0 amide bonds. The summed E-state index contributed by atoms with van der Waals surface area (Å²) < 4.78 is 5.77. The van der Waals surface area contributed by atoms with E-state index in [-0.39, 0.29) is 0 Å². The molecule has 0 saturated carbocycles. The average Bonchev–Trinajstić information content (AvgIpc) is 2.79. The van der Waals surface area contributed by atoms with Crippen molar-refractivity contribution in [3.8, 4) is 0 Å². The summed E-state index contributed by atoms with van der Waals surface area (Å²) in [6.45, 7) is 6.11. The van der Waals surface area contributed by atoms with Gasteiger partial charge >= 0.3 is 0 Å². The SMILES string of the molecule is Cc1cc(C)cc(C(O)c2cc3cc(C)ccc3o2)c1. The first-order valence-electron chi connectivity index (χ1n) is 6.79. The number of aliphatic hydroxyl groups is 1. The van der Waals surface area contributed by atoms with E-state index in [1.807, 2.05) is 51.1 Å². The molecular formula is C18H18O2. The Hall–Kier alpha value is -2.06. The summed E-state index contributed by atoms with van der Waals surface area (Å²) in [6.07, 6.45) is -0.721. The van der Waals surface area contributed by atoms with Gasteiger partial charge < -0.3 is 9.52 Å². The molecule has 2 nitrogen and oxygen atoms in total. The highest BCUT2D eigenvalue weighted by Crippen LogP contribution is 2.29. The van der Waals surface area contributed by atoms with E-state index in [1.54, 1.807) is 0 Å². The van der Waals surface area contributed by atoms with Crippen LogP contribution in [0.5, 0.6) is 0 Å². The van der Waals surface area contributed by atoms with Crippen LogP contribution in [0.3, 0.4) is 0 Å². The highest BCUT2D eigenvalue weighted by molar-refractivity contribution is 5.78. The molecule has 0 aliphatic rings. The molecule has 3 aromatic rings. The molecule has 2 aromatic carbocycles. The van der Waals surface area contributed by atoms with Crippen LogP contribution in [-0.4, -0.2) is 5.11 Å². The van der Waals surface area contributed by atoms with Crippen LogP contribution in [0.4, 0.5) is 0 Å². The fraction of sp³-hybridized carbons (Fsp3) is 0.222. The Labute approximate surface area is 118 Å². The van der Waals surface area contributed by atoms with Crippen molar-refractivity contribution < 1.29 is 9.52 Å². The molecule has 2 heteroatoms. The highest BCUT2D eigenvalue weighted by atomic mass is 16.4. The summed E-state index contributed by atoms with van der Waals surface area (Å²) in [5.74, 6) is 0.593. The van der Waals surface area contributed by atoms with E-state index in [4.69, 9.17) is 4.42 Å². The number of furan rings is 1. The van der Waals surface area contributed by atoms with Gasteiger partial charge in [-0.2, -0.15) is 0 Å². The maximum Gasteiger partial charge on any atom is 0.138 e. The van der Waals surface area contributed by atoms with Gasteiger partial charge in [0.05, 0.1) is 0 Å². The highest BCUT2D eigenvalue weighted by Gasteiger charge is 2.16. The summed E-state index contributed by atoms with van der Waals surface area (Å²) in [6, 6.07) is 14.0. The number of fused-ring (bicyclic) bond motifs is 1. The van der Waals surface area contributed by atoms with Crippen LogP contribution in [0.15, 0.2) is 46.9 Å². The van der Waals surface area contributed by atoms with Crippen molar-refractivity contribution in [1.29, 1.82) is 0 Å². The van der Waals surface area contributed by atoms with Gasteiger partial charge in [-0.15, -0.1) is 0 Å². The third-order valence-corrected chi connectivity index (χ3v) is 3.52. The van der Waals surface area contributed by atoms with Crippen LogP contribution in [0.2, 0.25) is 0 Å². The summed E-state index contributed by atoms with van der Waals surface area (Å²) in [5, 5.41) is 11.5. The smallest absolute Gasteiger partial charge is 0.138 e. The molecular weight excluding hydrogens is 248 g/mol. The fourth-order valence-corrected chi connectivity index (χ4v) is 2.65. The summed E-state index contributed by atoms with van der Waals surface area (Å²) in [7, 11) is 0. The zero-order chi connectivity index (χ0) is 14.3. The van der Waals surface area contributed by atoms with E-state index >= 15 is 0 Å². The molecule has 0 spiro atoms. The lowest BCUT2D eigenvalue weighted by Crippen LogP contribution is -1.99. The molecule has 1 heterocycles. The molecule has 3 rings (SSSR count). The van der Waals surface area contributed by atoms with Gasteiger partial charge in [0.25, 0.3) is 0 Å². The van der Waals surface area contributed by atoms with Crippen molar-refractivity contribution in [3.05, 3.63) is 70.5 Å². The van der Waals surface area contributed by atoms with Crippen molar-refractivity contribution >= 4 is 11.0 Å². The molecule has 1 atom stereocenters. The Kier molecular flexibility index (Phi) is 3.11. The molecule has 1 unspecified atom stereocenters. The number of hydrogen-bond donors (Lipinski definition) is 1. The molecule has 0 aliphatic carbocycles. The van der Waals surface area contributed by atoms with E-state index < -0.39 is 6.10 Å². The Morgan fingerprint density at radius 1 is 0.850 bits per heavy atom. The summed E-state index contributed by atoms with van der Waals surface area (Å²) in [5.41, 5.74) is 5.16. The molecule has 0 aliphatic heterocycles. The van der Waals surface area contributed by atoms with E-state index in [1.165, 1.54) is 5.56 Å². The van der Waals surface area contributed by atoms with Gasteiger partial charge in [-0.3, -0.25) is 0 Å². The maximum absolute atomic E-state index is 10.5. The van der Waals surface area contributed by atoms with E-state index in [2.05, 4.69) is 12.1 Å². The molecule has 1 aromatic heterocycles. The Balaban J connectivity index is 2.05. The molecule has 20 heavy (non-hydrogen) atoms. The predicted molar refractivity (Wildman–Crippen MR) is 80.9 cm³/mol. The lowest BCUT2D eigenvalue weighted by atomic mass is 10.0. The van der Waals surface area contributed by atoms with Crippen LogP contribution in [0.25, 0.3) is 11.0 Å². The first-order valence-corrected chi connectivity index (χ1v) is 6.79. The second kappa shape index (κ2) is 4.80. The zero-order valence-electron chi connectivity index (χ0n) is 12.0. The molecule has 0 saturated heterocycles. The van der Waals surface area contributed by atoms with Crippen molar-refractivity contribution in [2.24, 2.45) is 0 Å². The molecule has 1 N–H and O–H groups in total. The lowest BCUT2D eigenvalue weighted by Gasteiger charge is -2.10. The monoisotopic (exact) mass is 266 g/mol. The van der Waals surface area contributed by atoms with Crippen LogP contribution < -0.4 is 0 Å². The molecule has 0 fully saturated rings. The Bertz CT molecular complexity index is 748.